The number of sulfone groups is 1. The van der Waals surface area contributed by atoms with Gasteiger partial charge in [0.1, 0.15) is 6.20 Å². The number of hydrogen-bond donors (Lipinski definition) is 0. The minimum Gasteiger partial charge on any atom is -0.358 e. The van der Waals surface area contributed by atoms with Gasteiger partial charge in [0.25, 0.3) is 0 Å². The van der Waals surface area contributed by atoms with Crippen LogP contribution in [0.5, 0.6) is 0 Å². The molecule has 0 amide bonds. The lowest BCUT2D eigenvalue weighted by atomic mass is 10.2. The number of aromatic nitrogens is 1. The summed E-state index contributed by atoms with van der Waals surface area (Å²) in [6.45, 7) is 0. The summed E-state index contributed by atoms with van der Waals surface area (Å²) < 4.78 is 24.4. The third kappa shape index (κ3) is 2.94. The third-order valence-electron chi connectivity index (χ3n) is 2.46. The zero-order valence-electron chi connectivity index (χ0n) is 9.76. The Bertz CT molecular complexity index is 699. The van der Waals surface area contributed by atoms with Gasteiger partial charge in [0.2, 0.25) is 0 Å². The monoisotopic (exact) mass is 278 g/mol. The average molecular weight is 278 g/mol. The van der Waals surface area contributed by atoms with Gasteiger partial charge in [-0.15, -0.1) is 0 Å². The molecule has 0 saturated heterocycles. The number of nitro groups is 1. The minimum absolute atomic E-state index is 0.291. The molecular weight excluding hydrogens is 268 g/mol. The lowest BCUT2D eigenvalue weighted by Crippen LogP contribution is -2.08. The summed E-state index contributed by atoms with van der Waals surface area (Å²) in [7, 11) is -3.79. The van der Waals surface area contributed by atoms with Gasteiger partial charge in [-0.25, -0.2) is 8.42 Å². The van der Waals surface area contributed by atoms with E-state index in [0.717, 1.165) is 0 Å². The molecule has 0 aliphatic rings. The Kier molecular flexibility index (Phi) is 3.57. The Morgan fingerprint density at radius 2 is 1.79 bits per heavy atom. The van der Waals surface area contributed by atoms with Crippen LogP contribution in [0.2, 0.25) is 0 Å². The molecule has 0 saturated carbocycles. The van der Waals surface area contributed by atoms with E-state index in [2.05, 4.69) is 4.98 Å². The van der Waals surface area contributed by atoms with Gasteiger partial charge in [-0.3, -0.25) is 0 Å². The minimum atomic E-state index is -3.79. The fourth-order valence-corrected chi connectivity index (χ4v) is 3.11. The standard InChI is InChI=1S/C12H10N2O4S/c15-14(16)12-11(7-4-8-13-12)19(17,18)9-10-5-2-1-3-6-10/h1-8H,9H2. The second-order valence-corrected chi connectivity index (χ2v) is 5.78. The van der Waals surface area contributed by atoms with Crippen LogP contribution in [-0.4, -0.2) is 18.3 Å². The molecule has 1 aromatic carbocycles. The maximum absolute atomic E-state index is 12.2. The summed E-state index contributed by atoms with van der Waals surface area (Å²) in [6.07, 6.45) is 1.19. The Morgan fingerprint density at radius 1 is 1.11 bits per heavy atom. The van der Waals surface area contributed by atoms with E-state index in [1.807, 2.05) is 0 Å². The highest BCUT2D eigenvalue weighted by Crippen LogP contribution is 2.23. The highest BCUT2D eigenvalue weighted by Gasteiger charge is 2.26. The molecule has 98 valence electrons. The highest BCUT2D eigenvalue weighted by molar-refractivity contribution is 7.90. The smallest absolute Gasteiger partial charge is 0.358 e. The second-order valence-electron chi connectivity index (χ2n) is 3.83. The summed E-state index contributed by atoms with van der Waals surface area (Å²) in [5.41, 5.74) is 0.570. The normalized spacial score (nSPS) is 11.2. The van der Waals surface area contributed by atoms with E-state index in [1.165, 1.54) is 18.3 Å². The number of pyridine rings is 1. The molecule has 1 heterocycles. The molecule has 2 rings (SSSR count). The molecule has 2 aromatic rings. The SMILES string of the molecule is O=[N+]([O-])c1ncccc1S(=O)(=O)Cc1ccccc1. The van der Waals surface area contributed by atoms with Gasteiger partial charge < -0.3 is 10.1 Å². The van der Waals surface area contributed by atoms with Crippen molar-refractivity contribution >= 4 is 15.7 Å². The van der Waals surface area contributed by atoms with E-state index in [4.69, 9.17) is 0 Å². The first-order chi connectivity index (χ1) is 9.00. The van der Waals surface area contributed by atoms with Gasteiger partial charge in [0.15, 0.2) is 14.7 Å². The maximum atomic E-state index is 12.2. The largest absolute Gasteiger partial charge is 0.382 e. The van der Waals surface area contributed by atoms with E-state index < -0.39 is 20.6 Å². The molecule has 0 unspecified atom stereocenters. The molecule has 7 heteroatoms. The van der Waals surface area contributed by atoms with Crippen molar-refractivity contribution in [3.8, 4) is 0 Å². The van der Waals surface area contributed by atoms with Gasteiger partial charge in [0.05, 0.1) is 5.75 Å². The quantitative estimate of drug-likeness (QED) is 0.630. The molecule has 0 fully saturated rings. The van der Waals surface area contributed by atoms with Crippen molar-refractivity contribution in [2.75, 3.05) is 0 Å². The lowest BCUT2D eigenvalue weighted by Gasteiger charge is -2.04. The molecule has 0 aliphatic heterocycles. The first kappa shape index (κ1) is 13.2. The predicted molar refractivity (Wildman–Crippen MR) is 68.2 cm³/mol. The zero-order valence-corrected chi connectivity index (χ0v) is 10.6. The Morgan fingerprint density at radius 3 is 2.42 bits per heavy atom. The number of hydrogen-bond acceptors (Lipinski definition) is 5. The van der Waals surface area contributed by atoms with Gasteiger partial charge >= 0.3 is 5.82 Å². The summed E-state index contributed by atoms with van der Waals surface area (Å²) in [5, 5.41) is 10.8. The summed E-state index contributed by atoms with van der Waals surface area (Å²) in [4.78, 5) is 13.2. The lowest BCUT2D eigenvalue weighted by molar-refractivity contribution is -0.392. The molecule has 1 aromatic heterocycles. The third-order valence-corrected chi connectivity index (χ3v) is 4.16. The molecule has 0 N–H and O–H groups in total. The van der Waals surface area contributed by atoms with Crippen molar-refractivity contribution in [1.29, 1.82) is 0 Å². The average Bonchev–Trinajstić information content (AvgIpc) is 2.39. The molecule has 0 atom stereocenters. The van der Waals surface area contributed by atoms with Gasteiger partial charge in [-0.05, 0) is 27.6 Å². The van der Waals surface area contributed by atoms with E-state index in [1.54, 1.807) is 30.3 Å². The Hall–Kier alpha value is -2.28. The van der Waals surface area contributed by atoms with Crippen LogP contribution in [0, 0.1) is 10.1 Å². The topological polar surface area (TPSA) is 90.2 Å². The Balaban J connectivity index is 2.43. The van der Waals surface area contributed by atoms with Crippen LogP contribution in [0.25, 0.3) is 0 Å². The maximum Gasteiger partial charge on any atom is 0.382 e. The van der Waals surface area contributed by atoms with Crippen LogP contribution in [-0.2, 0) is 15.6 Å². The van der Waals surface area contributed by atoms with Gasteiger partial charge in [0, 0.05) is 0 Å². The summed E-state index contributed by atoms with van der Waals surface area (Å²) >= 11 is 0. The van der Waals surface area contributed by atoms with Crippen LogP contribution in [0.4, 0.5) is 5.82 Å². The van der Waals surface area contributed by atoms with Crippen molar-refractivity contribution in [3.05, 3.63) is 64.3 Å². The van der Waals surface area contributed by atoms with Crippen LogP contribution in [0.1, 0.15) is 5.56 Å². The summed E-state index contributed by atoms with van der Waals surface area (Å²) in [5.74, 6) is -0.932. The fraction of sp³-hybridized carbons (Fsp3) is 0.0833. The van der Waals surface area contributed by atoms with Gasteiger partial charge in [-0.2, -0.15) is 0 Å². The second kappa shape index (κ2) is 5.15. The molecule has 0 spiro atoms. The van der Waals surface area contributed by atoms with Crippen LogP contribution >= 0.6 is 0 Å². The molecule has 0 bridgehead atoms. The molecule has 0 radical (unpaired) electrons. The van der Waals surface area contributed by atoms with Crippen LogP contribution in [0.3, 0.4) is 0 Å². The fourth-order valence-electron chi connectivity index (χ4n) is 1.63. The van der Waals surface area contributed by atoms with E-state index in [9.17, 15) is 18.5 Å². The van der Waals surface area contributed by atoms with Crippen LogP contribution < -0.4 is 0 Å². The van der Waals surface area contributed by atoms with Crippen molar-refractivity contribution in [1.82, 2.24) is 4.98 Å². The first-order valence-corrected chi connectivity index (χ1v) is 7.02. The van der Waals surface area contributed by atoms with Gasteiger partial charge in [-0.1, -0.05) is 30.3 Å². The molecular formula is C12H10N2O4S. The zero-order chi connectivity index (χ0) is 13.9. The van der Waals surface area contributed by atoms with E-state index in [0.29, 0.717) is 5.56 Å². The highest BCUT2D eigenvalue weighted by atomic mass is 32.2. The summed E-state index contributed by atoms with van der Waals surface area (Å²) in [6, 6.07) is 11.1. The number of rotatable bonds is 4. The molecule has 0 aliphatic carbocycles. The van der Waals surface area contributed by atoms with E-state index >= 15 is 0 Å². The van der Waals surface area contributed by atoms with E-state index in [-0.39, 0.29) is 10.6 Å². The molecule has 19 heavy (non-hydrogen) atoms. The van der Waals surface area contributed by atoms with Crippen molar-refractivity contribution in [2.45, 2.75) is 10.6 Å². The van der Waals surface area contributed by atoms with Crippen molar-refractivity contribution in [2.24, 2.45) is 0 Å². The number of benzene rings is 1. The first-order valence-electron chi connectivity index (χ1n) is 5.37. The Labute approximate surface area is 109 Å². The molecule has 6 nitrogen and oxygen atoms in total. The van der Waals surface area contributed by atoms with Crippen molar-refractivity contribution < 1.29 is 13.3 Å². The number of nitrogens with zero attached hydrogens (tertiary/aromatic N) is 2. The van der Waals surface area contributed by atoms with Crippen molar-refractivity contribution in [3.63, 3.8) is 0 Å². The van der Waals surface area contributed by atoms with Crippen LogP contribution in [0.15, 0.2) is 53.6 Å². The predicted octanol–water partition coefficient (Wildman–Crippen LogP) is 1.96.